The third-order valence-electron chi connectivity index (χ3n) is 2.87. The molecule has 1 nitrogen and oxygen atoms in total. The van der Waals surface area contributed by atoms with Crippen LogP contribution < -0.4 is 5.32 Å². The summed E-state index contributed by atoms with van der Waals surface area (Å²) >= 11 is 0. The normalized spacial score (nSPS) is 12.2. The lowest BCUT2D eigenvalue weighted by atomic mass is 10.0. The molecule has 17 heavy (non-hydrogen) atoms. The number of hydrogen-bond donors (Lipinski definition) is 1. The van der Waals surface area contributed by atoms with Gasteiger partial charge in [0.15, 0.2) is 0 Å². The van der Waals surface area contributed by atoms with Crippen LogP contribution >= 0.6 is 0 Å². The molecular weight excluding hydrogens is 206 g/mol. The van der Waals surface area contributed by atoms with Gasteiger partial charge in [0.2, 0.25) is 0 Å². The molecule has 1 heteroatoms. The van der Waals surface area contributed by atoms with Crippen LogP contribution in [-0.2, 0) is 0 Å². The van der Waals surface area contributed by atoms with Crippen molar-refractivity contribution in [1.82, 2.24) is 5.32 Å². The van der Waals surface area contributed by atoms with Crippen molar-refractivity contribution >= 4 is 10.8 Å². The topological polar surface area (TPSA) is 12.0 Å². The molecule has 1 atom stereocenters. The fourth-order valence-electron chi connectivity index (χ4n) is 1.95. The van der Waals surface area contributed by atoms with Gasteiger partial charge in [-0.05, 0) is 35.4 Å². The summed E-state index contributed by atoms with van der Waals surface area (Å²) in [4.78, 5) is 0. The van der Waals surface area contributed by atoms with Crippen molar-refractivity contribution in [2.45, 2.75) is 19.4 Å². The first-order valence-electron chi connectivity index (χ1n) is 6.03. The maximum atomic E-state index is 5.58. The molecule has 0 bridgehead atoms. The summed E-state index contributed by atoms with van der Waals surface area (Å²) in [5.74, 6) is 2.81. The Morgan fingerprint density at radius 3 is 2.65 bits per heavy atom. The quantitative estimate of drug-likeness (QED) is 0.782. The van der Waals surface area contributed by atoms with E-state index in [-0.39, 0.29) is 6.04 Å². The minimum Gasteiger partial charge on any atom is -0.300 e. The summed E-state index contributed by atoms with van der Waals surface area (Å²) in [5.41, 5.74) is 1.17. The lowest BCUT2D eigenvalue weighted by molar-refractivity contribution is 0.627. The summed E-state index contributed by atoms with van der Waals surface area (Å²) in [6, 6.07) is 14.8. The Morgan fingerprint density at radius 1 is 1.18 bits per heavy atom. The molecule has 0 aliphatic heterocycles. The molecular formula is C16H17N. The second-order valence-electron chi connectivity index (χ2n) is 4.16. The van der Waals surface area contributed by atoms with E-state index in [1.165, 1.54) is 16.3 Å². The van der Waals surface area contributed by atoms with Gasteiger partial charge in [0.05, 0.1) is 6.04 Å². The zero-order chi connectivity index (χ0) is 12.1. The highest BCUT2D eigenvalue weighted by Crippen LogP contribution is 2.20. The Morgan fingerprint density at radius 2 is 1.94 bits per heavy atom. The Hall–Kier alpha value is -1.78. The first-order chi connectivity index (χ1) is 8.35. The summed E-state index contributed by atoms with van der Waals surface area (Å²) < 4.78 is 0. The van der Waals surface area contributed by atoms with Crippen LogP contribution in [0.25, 0.3) is 10.8 Å². The first kappa shape index (κ1) is 11.7. The molecule has 0 radical (unpaired) electrons. The van der Waals surface area contributed by atoms with E-state index in [2.05, 4.69) is 60.6 Å². The van der Waals surface area contributed by atoms with Crippen LogP contribution in [0.1, 0.15) is 24.9 Å². The van der Waals surface area contributed by atoms with E-state index in [9.17, 15) is 0 Å². The van der Waals surface area contributed by atoms with E-state index in [1.807, 2.05) is 0 Å². The largest absolute Gasteiger partial charge is 0.300 e. The molecule has 0 saturated carbocycles. The molecule has 0 spiro atoms. The third-order valence-corrected chi connectivity index (χ3v) is 2.87. The molecule has 0 amide bonds. The Kier molecular flexibility index (Phi) is 3.80. The van der Waals surface area contributed by atoms with Crippen LogP contribution in [0.2, 0.25) is 0 Å². The second kappa shape index (κ2) is 5.52. The number of nitrogens with one attached hydrogen (secondary N) is 1. The standard InChI is InChI=1S/C16H17N/c1-3-11-17-16(4-2)15-10-9-13-7-5-6-8-14(13)12-15/h2,5-10,12,16-17H,3,11H2,1H3. The average Bonchev–Trinajstić information content (AvgIpc) is 2.39. The lowest BCUT2D eigenvalue weighted by Gasteiger charge is -2.13. The summed E-state index contributed by atoms with van der Waals surface area (Å²) in [6.07, 6.45) is 6.67. The minimum absolute atomic E-state index is 0.0135. The molecule has 2 rings (SSSR count). The van der Waals surface area contributed by atoms with Crippen molar-refractivity contribution in [2.75, 3.05) is 6.54 Å². The van der Waals surface area contributed by atoms with Crippen LogP contribution in [0.15, 0.2) is 42.5 Å². The maximum absolute atomic E-state index is 5.58. The van der Waals surface area contributed by atoms with E-state index >= 15 is 0 Å². The van der Waals surface area contributed by atoms with Crippen molar-refractivity contribution in [2.24, 2.45) is 0 Å². The SMILES string of the molecule is C#CC(NCCC)c1ccc2ccccc2c1. The van der Waals surface area contributed by atoms with Gasteiger partial charge in [-0.25, -0.2) is 0 Å². The molecule has 1 N–H and O–H groups in total. The zero-order valence-electron chi connectivity index (χ0n) is 10.1. The summed E-state index contributed by atoms with van der Waals surface area (Å²) in [6.45, 7) is 3.09. The van der Waals surface area contributed by atoms with Crippen molar-refractivity contribution in [3.8, 4) is 12.3 Å². The number of fused-ring (bicyclic) bond motifs is 1. The number of benzene rings is 2. The average molecular weight is 223 g/mol. The number of terminal acetylenes is 1. The molecule has 2 aromatic rings. The fourth-order valence-corrected chi connectivity index (χ4v) is 1.95. The second-order valence-corrected chi connectivity index (χ2v) is 4.16. The van der Waals surface area contributed by atoms with Gasteiger partial charge in [0.25, 0.3) is 0 Å². The molecule has 0 saturated heterocycles. The van der Waals surface area contributed by atoms with Gasteiger partial charge in [-0.15, -0.1) is 6.42 Å². The molecule has 1 unspecified atom stereocenters. The predicted octanol–water partition coefficient (Wildman–Crippen LogP) is 3.51. The van der Waals surface area contributed by atoms with E-state index in [0.717, 1.165) is 13.0 Å². The highest BCUT2D eigenvalue weighted by Gasteiger charge is 2.06. The number of rotatable bonds is 4. The Labute approximate surface area is 103 Å². The van der Waals surface area contributed by atoms with Gasteiger partial charge in [-0.2, -0.15) is 0 Å². The Balaban J connectivity index is 2.31. The van der Waals surface area contributed by atoms with Gasteiger partial charge >= 0.3 is 0 Å². The van der Waals surface area contributed by atoms with Crippen molar-refractivity contribution < 1.29 is 0 Å². The number of hydrogen-bond acceptors (Lipinski definition) is 1. The van der Waals surface area contributed by atoms with Crippen LogP contribution in [0.5, 0.6) is 0 Å². The molecule has 0 heterocycles. The molecule has 0 aromatic heterocycles. The predicted molar refractivity (Wildman–Crippen MR) is 73.8 cm³/mol. The smallest absolute Gasteiger partial charge is 0.0943 e. The van der Waals surface area contributed by atoms with Crippen molar-refractivity contribution in [3.63, 3.8) is 0 Å². The van der Waals surface area contributed by atoms with Crippen molar-refractivity contribution in [1.29, 1.82) is 0 Å². The first-order valence-corrected chi connectivity index (χ1v) is 6.03. The van der Waals surface area contributed by atoms with Gasteiger partial charge in [-0.3, -0.25) is 0 Å². The molecule has 86 valence electrons. The maximum Gasteiger partial charge on any atom is 0.0943 e. The van der Waals surface area contributed by atoms with E-state index < -0.39 is 0 Å². The fraction of sp³-hybridized carbons (Fsp3) is 0.250. The molecule has 2 aromatic carbocycles. The van der Waals surface area contributed by atoms with Gasteiger partial charge in [0.1, 0.15) is 0 Å². The molecule has 0 aliphatic carbocycles. The third kappa shape index (κ3) is 2.67. The van der Waals surface area contributed by atoms with Gasteiger partial charge in [0, 0.05) is 0 Å². The monoisotopic (exact) mass is 223 g/mol. The van der Waals surface area contributed by atoms with Gasteiger partial charge in [-0.1, -0.05) is 49.2 Å². The van der Waals surface area contributed by atoms with Crippen LogP contribution in [0, 0.1) is 12.3 Å². The van der Waals surface area contributed by atoms with Crippen LogP contribution in [0.4, 0.5) is 0 Å². The lowest BCUT2D eigenvalue weighted by Crippen LogP contribution is -2.20. The highest BCUT2D eigenvalue weighted by molar-refractivity contribution is 5.83. The van der Waals surface area contributed by atoms with Crippen LogP contribution in [0.3, 0.4) is 0 Å². The van der Waals surface area contributed by atoms with E-state index in [0.29, 0.717) is 0 Å². The van der Waals surface area contributed by atoms with Crippen molar-refractivity contribution in [3.05, 3.63) is 48.0 Å². The summed E-state index contributed by atoms with van der Waals surface area (Å²) in [5, 5.41) is 5.86. The minimum atomic E-state index is 0.0135. The highest BCUT2D eigenvalue weighted by atomic mass is 14.9. The Bertz CT molecular complexity index is 536. The molecule has 0 aliphatic rings. The zero-order valence-corrected chi connectivity index (χ0v) is 10.1. The molecule has 0 fully saturated rings. The van der Waals surface area contributed by atoms with E-state index in [4.69, 9.17) is 6.42 Å². The van der Waals surface area contributed by atoms with E-state index in [1.54, 1.807) is 0 Å². The summed E-state index contributed by atoms with van der Waals surface area (Å²) in [7, 11) is 0. The van der Waals surface area contributed by atoms with Gasteiger partial charge < -0.3 is 5.32 Å². The van der Waals surface area contributed by atoms with Crippen LogP contribution in [-0.4, -0.2) is 6.54 Å².